The molecule has 2 heterocycles. The molecule has 0 saturated carbocycles. The summed E-state index contributed by atoms with van der Waals surface area (Å²) in [6, 6.07) is 7.15. The first-order valence-electron chi connectivity index (χ1n) is 7.83. The summed E-state index contributed by atoms with van der Waals surface area (Å²) in [5.74, 6) is 2.98. The first-order valence-corrected chi connectivity index (χ1v) is 9.08. The Labute approximate surface area is 155 Å². The molecule has 1 saturated heterocycles. The van der Waals surface area contributed by atoms with E-state index < -0.39 is 5.41 Å². The molecule has 1 aliphatic rings. The zero-order valence-electron chi connectivity index (χ0n) is 13.7. The van der Waals surface area contributed by atoms with Crippen molar-refractivity contribution in [2.75, 3.05) is 25.0 Å². The summed E-state index contributed by atoms with van der Waals surface area (Å²) in [5.41, 5.74) is 0.911. The topological polar surface area (TPSA) is 65.5 Å². The highest BCUT2D eigenvalue weighted by atomic mass is 35.5. The standard InChI is InChI=1S/C18H18ClN3O2S/c1-3-18(2,13-4-6-14(19)7-5-13)15-11-25-16(20-15)21-17(24)22-8-12(9-22)10-23/h1,4-7,11-12,23H,8-10H2,2H3,(H,20,21,24). The summed E-state index contributed by atoms with van der Waals surface area (Å²) in [5, 5.41) is 14.8. The lowest BCUT2D eigenvalue weighted by Gasteiger charge is -2.37. The number of likely N-dealkylation sites (tertiary alicyclic amines) is 1. The predicted octanol–water partition coefficient (Wildman–Crippen LogP) is 3.19. The summed E-state index contributed by atoms with van der Waals surface area (Å²) in [7, 11) is 0. The van der Waals surface area contributed by atoms with Gasteiger partial charge in [0.1, 0.15) is 0 Å². The fourth-order valence-electron chi connectivity index (χ4n) is 2.67. The molecule has 130 valence electrons. The van der Waals surface area contributed by atoms with Gasteiger partial charge in [0.2, 0.25) is 0 Å². The van der Waals surface area contributed by atoms with E-state index in [4.69, 9.17) is 23.1 Å². The van der Waals surface area contributed by atoms with E-state index in [2.05, 4.69) is 16.2 Å². The second-order valence-electron chi connectivity index (χ2n) is 6.20. The Morgan fingerprint density at radius 1 is 1.52 bits per heavy atom. The molecular weight excluding hydrogens is 358 g/mol. The highest BCUT2D eigenvalue weighted by Gasteiger charge is 2.32. The van der Waals surface area contributed by atoms with Gasteiger partial charge in [0, 0.05) is 36.0 Å². The number of aromatic nitrogens is 1. The molecule has 1 atom stereocenters. The van der Waals surface area contributed by atoms with Gasteiger partial charge in [-0.1, -0.05) is 29.7 Å². The van der Waals surface area contributed by atoms with Gasteiger partial charge in [-0.05, 0) is 24.6 Å². The minimum absolute atomic E-state index is 0.104. The molecule has 1 aromatic carbocycles. The Balaban J connectivity index is 1.74. The predicted molar refractivity (Wildman–Crippen MR) is 100 cm³/mol. The Morgan fingerprint density at radius 2 is 2.20 bits per heavy atom. The summed E-state index contributed by atoms with van der Waals surface area (Å²) in [6.07, 6.45) is 5.79. The van der Waals surface area contributed by atoms with E-state index in [0.717, 1.165) is 5.56 Å². The van der Waals surface area contributed by atoms with E-state index in [-0.39, 0.29) is 18.6 Å². The number of rotatable bonds is 4. The van der Waals surface area contributed by atoms with Crippen LogP contribution in [0.2, 0.25) is 5.02 Å². The highest BCUT2D eigenvalue weighted by Crippen LogP contribution is 2.34. The summed E-state index contributed by atoms with van der Waals surface area (Å²) < 4.78 is 0. The van der Waals surface area contributed by atoms with Crippen molar-refractivity contribution < 1.29 is 9.90 Å². The number of carbonyl (C=O) groups excluding carboxylic acids is 1. The van der Waals surface area contributed by atoms with Crippen molar-refractivity contribution in [2.45, 2.75) is 12.3 Å². The van der Waals surface area contributed by atoms with Crippen molar-refractivity contribution in [3.05, 3.63) is 45.9 Å². The third-order valence-electron chi connectivity index (χ3n) is 4.44. The highest BCUT2D eigenvalue weighted by molar-refractivity contribution is 7.14. The average molecular weight is 376 g/mol. The summed E-state index contributed by atoms with van der Waals surface area (Å²) in [6.45, 7) is 3.14. The number of thiazole rings is 1. The van der Waals surface area contributed by atoms with Crippen molar-refractivity contribution in [1.29, 1.82) is 0 Å². The molecule has 1 fully saturated rings. The van der Waals surface area contributed by atoms with Gasteiger partial charge >= 0.3 is 6.03 Å². The number of anilines is 1. The Kier molecular flexibility index (Phi) is 5.00. The van der Waals surface area contributed by atoms with Crippen LogP contribution in [0.25, 0.3) is 0 Å². The SMILES string of the molecule is C#CC(C)(c1ccc(Cl)cc1)c1csc(NC(=O)N2CC(CO)C2)n1. The minimum atomic E-state index is -0.706. The maximum Gasteiger partial charge on any atom is 0.323 e. The maximum atomic E-state index is 12.1. The first kappa shape index (κ1) is 17.7. The van der Waals surface area contributed by atoms with E-state index >= 15 is 0 Å². The van der Waals surface area contributed by atoms with Crippen molar-refractivity contribution in [1.82, 2.24) is 9.88 Å². The van der Waals surface area contributed by atoms with Gasteiger partial charge in [0.25, 0.3) is 0 Å². The van der Waals surface area contributed by atoms with Crippen molar-refractivity contribution in [3.63, 3.8) is 0 Å². The van der Waals surface area contributed by atoms with Crippen molar-refractivity contribution in [3.8, 4) is 12.3 Å². The molecule has 2 aromatic rings. The number of hydrogen-bond donors (Lipinski definition) is 2. The average Bonchev–Trinajstić information content (AvgIpc) is 3.03. The van der Waals surface area contributed by atoms with Crippen molar-refractivity contribution >= 4 is 34.1 Å². The molecule has 0 aliphatic carbocycles. The van der Waals surface area contributed by atoms with E-state index in [1.807, 2.05) is 24.4 Å². The molecule has 1 aromatic heterocycles. The van der Waals surface area contributed by atoms with Crippen LogP contribution in [-0.2, 0) is 5.41 Å². The summed E-state index contributed by atoms with van der Waals surface area (Å²) in [4.78, 5) is 18.3. The third kappa shape index (κ3) is 3.49. The Morgan fingerprint density at radius 3 is 2.80 bits per heavy atom. The Bertz CT molecular complexity index is 808. The van der Waals surface area contributed by atoms with Crippen LogP contribution < -0.4 is 5.32 Å². The first-order chi connectivity index (χ1) is 12.0. The number of aliphatic hydroxyl groups is 1. The molecule has 0 spiro atoms. The molecule has 0 bridgehead atoms. The molecular formula is C18H18ClN3O2S. The number of nitrogens with zero attached hydrogens (tertiary/aromatic N) is 2. The van der Waals surface area contributed by atoms with Crippen LogP contribution in [0.5, 0.6) is 0 Å². The molecule has 1 unspecified atom stereocenters. The number of carbonyl (C=O) groups is 1. The number of benzene rings is 1. The van der Waals surface area contributed by atoms with Crippen LogP contribution in [-0.4, -0.2) is 40.7 Å². The van der Waals surface area contributed by atoms with E-state index in [9.17, 15) is 4.79 Å². The number of hydrogen-bond acceptors (Lipinski definition) is 4. The monoisotopic (exact) mass is 375 g/mol. The fraction of sp³-hybridized carbons (Fsp3) is 0.333. The third-order valence-corrected chi connectivity index (χ3v) is 5.45. The smallest absolute Gasteiger partial charge is 0.323 e. The molecule has 25 heavy (non-hydrogen) atoms. The number of terminal acetylenes is 1. The summed E-state index contributed by atoms with van der Waals surface area (Å²) >= 11 is 7.28. The van der Waals surface area contributed by atoms with E-state index in [0.29, 0.717) is 28.9 Å². The lowest BCUT2D eigenvalue weighted by molar-refractivity contribution is 0.0838. The number of nitrogens with one attached hydrogen (secondary N) is 1. The molecule has 7 heteroatoms. The van der Waals surface area contributed by atoms with Gasteiger partial charge in [-0.15, -0.1) is 17.8 Å². The minimum Gasteiger partial charge on any atom is -0.396 e. The quantitative estimate of drug-likeness (QED) is 0.806. The van der Waals surface area contributed by atoms with Gasteiger partial charge in [0.15, 0.2) is 5.13 Å². The van der Waals surface area contributed by atoms with Gasteiger partial charge in [-0.25, -0.2) is 9.78 Å². The second kappa shape index (κ2) is 7.04. The normalized spacial score (nSPS) is 16.6. The maximum absolute atomic E-state index is 12.1. The number of urea groups is 1. The van der Waals surface area contributed by atoms with Crippen molar-refractivity contribution in [2.24, 2.45) is 5.92 Å². The lowest BCUT2D eigenvalue weighted by Crippen LogP contribution is -2.52. The van der Waals surface area contributed by atoms with Crippen LogP contribution in [0.15, 0.2) is 29.6 Å². The molecule has 1 aliphatic heterocycles. The number of aliphatic hydroxyl groups excluding tert-OH is 1. The van der Waals surface area contributed by atoms with Crippen LogP contribution in [0.1, 0.15) is 18.2 Å². The number of amides is 2. The second-order valence-corrected chi connectivity index (χ2v) is 7.49. The van der Waals surface area contributed by atoms with Gasteiger partial charge in [-0.2, -0.15) is 0 Å². The zero-order chi connectivity index (χ0) is 18.0. The molecule has 2 N–H and O–H groups in total. The zero-order valence-corrected chi connectivity index (χ0v) is 15.3. The van der Waals surface area contributed by atoms with Gasteiger partial charge in [-0.3, -0.25) is 5.32 Å². The van der Waals surface area contributed by atoms with Gasteiger partial charge < -0.3 is 10.0 Å². The number of halogens is 1. The fourth-order valence-corrected chi connectivity index (χ4v) is 3.61. The molecule has 3 rings (SSSR count). The van der Waals surface area contributed by atoms with Crippen LogP contribution >= 0.6 is 22.9 Å². The van der Waals surface area contributed by atoms with Crippen LogP contribution in [0.3, 0.4) is 0 Å². The largest absolute Gasteiger partial charge is 0.396 e. The van der Waals surface area contributed by atoms with Crippen LogP contribution in [0, 0.1) is 18.3 Å². The molecule has 0 radical (unpaired) electrons. The van der Waals surface area contributed by atoms with Crippen LogP contribution in [0.4, 0.5) is 9.93 Å². The lowest BCUT2D eigenvalue weighted by atomic mass is 9.81. The van der Waals surface area contributed by atoms with E-state index in [1.165, 1.54) is 11.3 Å². The van der Waals surface area contributed by atoms with Gasteiger partial charge in [0.05, 0.1) is 11.1 Å². The van der Waals surface area contributed by atoms with E-state index in [1.54, 1.807) is 17.0 Å². The Hall–Kier alpha value is -2.07. The molecule has 2 amide bonds. The molecule has 5 nitrogen and oxygen atoms in total.